The molecule has 1 aliphatic rings. The third-order valence-corrected chi connectivity index (χ3v) is 3.79. The zero-order valence-electron chi connectivity index (χ0n) is 12.5. The number of methoxy groups -OCH3 is 1. The normalized spacial score (nSPS) is 18.0. The number of amides is 1. The van der Waals surface area contributed by atoms with Gasteiger partial charge in [-0.05, 0) is 31.5 Å². The van der Waals surface area contributed by atoms with Crippen LogP contribution < -0.4 is 15.4 Å². The first-order valence-corrected chi connectivity index (χ1v) is 7.39. The molecule has 0 spiro atoms. The summed E-state index contributed by atoms with van der Waals surface area (Å²) in [6, 6.07) is 5.36. The Bertz CT molecular complexity index is 634. The fraction of sp³-hybridized carbons (Fsp3) is 0.375. The van der Waals surface area contributed by atoms with Crippen LogP contribution in [0, 0.1) is 0 Å². The molecule has 1 aromatic carbocycles. The second-order valence-electron chi connectivity index (χ2n) is 5.27. The summed E-state index contributed by atoms with van der Waals surface area (Å²) in [5, 5.41) is 6.17. The maximum absolute atomic E-state index is 12.2. The van der Waals surface area contributed by atoms with Crippen LogP contribution in [0.1, 0.15) is 19.3 Å². The fourth-order valence-corrected chi connectivity index (χ4v) is 2.63. The highest BCUT2D eigenvalue weighted by Gasteiger charge is 2.21. The van der Waals surface area contributed by atoms with Crippen LogP contribution in [-0.2, 0) is 4.79 Å². The van der Waals surface area contributed by atoms with Crippen molar-refractivity contribution in [2.75, 3.05) is 19.0 Å². The van der Waals surface area contributed by atoms with Gasteiger partial charge in [0, 0.05) is 11.8 Å². The number of nitrogens with zero attached hydrogens (tertiary/aromatic N) is 1. The van der Waals surface area contributed by atoms with E-state index < -0.39 is 0 Å². The minimum Gasteiger partial charge on any atom is -0.496 e. The van der Waals surface area contributed by atoms with Crippen molar-refractivity contribution in [3.05, 3.63) is 30.8 Å². The Morgan fingerprint density at radius 2 is 2.36 bits per heavy atom. The molecular weight excluding hydrogens is 282 g/mol. The average Bonchev–Trinajstić information content (AvgIpc) is 3.09. The highest BCUT2D eigenvalue weighted by Crippen LogP contribution is 2.32. The standard InChI is InChI=1S/C16H19N3O3/c1-21-14-8-11(5-6-12(14)15-9-17-10-22-15)19-16(20)13-4-2-3-7-18-13/h5-6,8-10,13,18H,2-4,7H2,1H3,(H,19,20)/t13-/m1/s1. The van der Waals surface area contributed by atoms with Crippen molar-refractivity contribution in [3.8, 4) is 17.1 Å². The lowest BCUT2D eigenvalue weighted by atomic mass is 10.0. The summed E-state index contributed by atoms with van der Waals surface area (Å²) in [5.41, 5.74) is 1.51. The molecule has 2 heterocycles. The molecule has 0 aliphatic carbocycles. The Morgan fingerprint density at radius 3 is 3.05 bits per heavy atom. The van der Waals surface area contributed by atoms with E-state index in [-0.39, 0.29) is 11.9 Å². The van der Waals surface area contributed by atoms with Crippen LogP contribution in [0.5, 0.6) is 5.75 Å². The van der Waals surface area contributed by atoms with Crippen molar-refractivity contribution < 1.29 is 13.9 Å². The van der Waals surface area contributed by atoms with Crippen LogP contribution in [0.2, 0.25) is 0 Å². The number of oxazole rings is 1. The van der Waals surface area contributed by atoms with Gasteiger partial charge in [-0.1, -0.05) is 6.42 Å². The smallest absolute Gasteiger partial charge is 0.241 e. The number of anilines is 1. The largest absolute Gasteiger partial charge is 0.496 e. The summed E-state index contributed by atoms with van der Waals surface area (Å²) in [4.78, 5) is 16.1. The molecule has 6 heteroatoms. The van der Waals surface area contributed by atoms with Gasteiger partial charge in [-0.2, -0.15) is 0 Å². The van der Waals surface area contributed by atoms with Crippen molar-refractivity contribution in [1.82, 2.24) is 10.3 Å². The van der Waals surface area contributed by atoms with Crippen LogP contribution in [0.4, 0.5) is 5.69 Å². The molecule has 6 nitrogen and oxygen atoms in total. The maximum Gasteiger partial charge on any atom is 0.241 e. The third kappa shape index (κ3) is 3.12. The number of piperidine rings is 1. The minimum atomic E-state index is -0.117. The predicted molar refractivity (Wildman–Crippen MR) is 82.8 cm³/mol. The predicted octanol–water partition coefficient (Wildman–Crippen LogP) is 2.43. The molecule has 116 valence electrons. The van der Waals surface area contributed by atoms with E-state index in [9.17, 15) is 4.79 Å². The number of aromatic nitrogens is 1. The van der Waals surface area contributed by atoms with Gasteiger partial charge >= 0.3 is 0 Å². The first-order chi connectivity index (χ1) is 10.8. The molecular formula is C16H19N3O3. The van der Waals surface area contributed by atoms with Crippen molar-refractivity contribution in [2.24, 2.45) is 0 Å². The molecule has 1 amide bonds. The Morgan fingerprint density at radius 1 is 1.45 bits per heavy atom. The first kappa shape index (κ1) is 14.6. The minimum absolute atomic E-state index is 0.00540. The summed E-state index contributed by atoms with van der Waals surface area (Å²) < 4.78 is 10.7. The third-order valence-electron chi connectivity index (χ3n) is 3.79. The number of hydrogen-bond donors (Lipinski definition) is 2. The SMILES string of the molecule is COc1cc(NC(=O)[C@H]2CCCCN2)ccc1-c1cnco1. The van der Waals surface area contributed by atoms with Crippen LogP contribution in [-0.4, -0.2) is 30.6 Å². The van der Waals surface area contributed by atoms with E-state index in [4.69, 9.17) is 9.15 Å². The molecule has 22 heavy (non-hydrogen) atoms. The second-order valence-corrected chi connectivity index (χ2v) is 5.27. The topological polar surface area (TPSA) is 76.4 Å². The van der Waals surface area contributed by atoms with Gasteiger partial charge in [-0.3, -0.25) is 4.79 Å². The highest BCUT2D eigenvalue weighted by molar-refractivity contribution is 5.95. The maximum atomic E-state index is 12.2. The summed E-state index contributed by atoms with van der Waals surface area (Å²) in [6.45, 7) is 0.895. The molecule has 0 radical (unpaired) electrons. The molecule has 0 saturated carbocycles. The van der Waals surface area contributed by atoms with E-state index >= 15 is 0 Å². The van der Waals surface area contributed by atoms with Crippen molar-refractivity contribution in [2.45, 2.75) is 25.3 Å². The number of rotatable bonds is 4. The molecule has 0 unspecified atom stereocenters. The summed E-state index contributed by atoms with van der Waals surface area (Å²) >= 11 is 0. The summed E-state index contributed by atoms with van der Waals surface area (Å²) in [5.74, 6) is 1.25. The quantitative estimate of drug-likeness (QED) is 0.907. The van der Waals surface area contributed by atoms with Gasteiger partial charge < -0.3 is 19.8 Å². The van der Waals surface area contributed by atoms with E-state index in [0.29, 0.717) is 17.2 Å². The molecule has 1 aliphatic heterocycles. The number of carbonyl (C=O) groups is 1. The van der Waals surface area contributed by atoms with E-state index in [2.05, 4.69) is 15.6 Å². The number of benzene rings is 1. The summed E-state index contributed by atoms with van der Waals surface area (Å²) in [6.07, 6.45) is 6.09. The number of carbonyl (C=O) groups excluding carboxylic acids is 1. The van der Waals surface area contributed by atoms with Crippen LogP contribution in [0.3, 0.4) is 0 Å². The summed E-state index contributed by atoms with van der Waals surface area (Å²) in [7, 11) is 1.59. The Hall–Kier alpha value is -2.34. The fourth-order valence-electron chi connectivity index (χ4n) is 2.63. The van der Waals surface area contributed by atoms with E-state index in [1.54, 1.807) is 19.4 Å². The zero-order chi connectivity index (χ0) is 15.4. The molecule has 1 fully saturated rings. The Labute approximate surface area is 128 Å². The van der Waals surface area contributed by atoms with Crippen molar-refractivity contribution >= 4 is 11.6 Å². The monoisotopic (exact) mass is 301 g/mol. The van der Waals surface area contributed by atoms with Crippen LogP contribution >= 0.6 is 0 Å². The molecule has 1 aromatic heterocycles. The number of ether oxygens (including phenoxy) is 1. The Kier molecular flexibility index (Phi) is 4.39. The molecule has 1 atom stereocenters. The van der Waals surface area contributed by atoms with Crippen molar-refractivity contribution in [3.63, 3.8) is 0 Å². The lowest BCUT2D eigenvalue weighted by molar-refractivity contribution is -0.118. The molecule has 2 aromatic rings. The van der Waals surface area contributed by atoms with Crippen LogP contribution in [0.25, 0.3) is 11.3 Å². The van der Waals surface area contributed by atoms with Gasteiger partial charge in [0.05, 0.1) is 24.9 Å². The van der Waals surface area contributed by atoms with Crippen molar-refractivity contribution in [1.29, 1.82) is 0 Å². The molecule has 1 saturated heterocycles. The lowest BCUT2D eigenvalue weighted by Crippen LogP contribution is -2.43. The van der Waals surface area contributed by atoms with Gasteiger partial charge in [0.15, 0.2) is 12.2 Å². The van der Waals surface area contributed by atoms with E-state index in [0.717, 1.165) is 31.4 Å². The molecule has 2 N–H and O–H groups in total. The van der Waals surface area contributed by atoms with Gasteiger partial charge in [0.1, 0.15) is 5.75 Å². The van der Waals surface area contributed by atoms with Gasteiger partial charge in [-0.25, -0.2) is 4.98 Å². The average molecular weight is 301 g/mol. The highest BCUT2D eigenvalue weighted by atomic mass is 16.5. The zero-order valence-corrected chi connectivity index (χ0v) is 12.5. The van der Waals surface area contributed by atoms with E-state index in [1.807, 2.05) is 12.1 Å². The van der Waals surface area contributed by atoms with Gasteiger partial charge in [-0.15, -0.1) is 0 Å². The number of hydrogen-bond acceptors (Lipinski definition) is 5. The second kappa shape index (κ2) is 6.62. The lowest BCUT2D eigenvalue weighted by Gasteiger charge is -2.22. The Balaban J connectivity index is 1.76. The van der Waals surface area contributed by atoms with Gasteiger partial charge in [0.25, 0.3) is 0 Å². The number of nitrogens with one attached hydrogen (secondary N) is 2. The van der Waals surface area contributed by atoms with E-state index in [1.165, 1.54) is 6.39 Å². The van der Waals surface area contributed by atoms with Gasteiger partial charge in [0.2, 0.25) is 5.91 Å². The molecule has 3 rings (SSSR count). The van der Waals surface area contributed by atoms with Crippen LogP contribution in [0.15, 0.2) is 35.2 Å². The first-order valence-electron chi connectivity index (χ1n) is 7.39. The molecule has 0 bridgehead atoms.